The molecule has 26 heavy (non-hydrogen) atoms. The van der Waals surface area contributed by atoms with Gasteiger partial charge in [-0.05, 0) is 32.1 Å². The number of rotatable bonds is 8. The van der Waals surface area contributed by atoms with Crippen LogP contribution in [0.2, 0.25) is 0 Å². The number of carboxylic acids is 1. The van der Waals surface area contributed by atoms with Crippen molar-refractivity contribution in [1.82, 2.24) is 9.62 Å². The summed E-state index contributed by atoms with van der Waals surface area (Å²) in [6.07, 6.45) is 3.25. The molecule has 2 aliphatic heterocycles. The molecule has 0 radical (unpaired) electrons. The predicted octanol–water partition coefficient (Wildman–Crippen LogP) is 0.968. The molecule has 2 aliphatic rings. The summed E-state index contributed by atoms with van der Waals surface area (Å²) in [6.45, 7) is 3.51. The van der Waals surface area contributed by atoms with E-state index in [1.807, 2.05) is 6.92 Å². The second kappa shape index (κ2) is 9.14. The fraction of sp³-hybridized carbons (Fsp3) is 0.882. The maximum atomic E-state index is 12.7. The van der Waals surface area contributed by atoms with E-state index in [0.717, 1.165) is 6.42 Å². The van der Waals surface area contributed by atoms with Crippen molar-refractivity contribution < 1.29 is 27.9 Å². The molecule has 150 valence electrons. The van der Waals surface area contributed by atoms with Crippen molar-refractivity contribution in [3.8, 4) is 0 Å². The van der Waals surface area contributed by atoms with Crippen molar-refractivity contribution in [3.05, 3.63) is 0 Å². The number of ether oxygens (including phenoxy) is 1. The standard InChI is InChI=1S/C17H30N2O6S/c1-2-3-12-26(23,24)19-8-4-14(5-9-19)16(22)18-17(13-15(20)21)6-10-25-11-7-17/h14H,2-13H2,1H3,(H,18,22)(H,20,21). The van der Waals surface area contributed by atoms with Crippen LogP contribution in [0, 0.1) is 5.92 Å². The van der Waals surface area contributed by atoms with Crippen molar-refractivity contribution in [2.24, 2.45) is 5.92 Å². The van der Waals surface area contributed by atoms with Gasteiger partial charge in [0.05, 0.1) is 17.7 Å². The van der Waals surface area contributed by atoms with Gasteiger partial charge in [-0.25, -0.2) is 12.7 Å². The third-order valence-electron chi connectivity index (χ3n) is 5.30. The van der Waals surface area contributed by atoms with Gasteiger partial charge in [0.2, 0.25) is 15.9 Å². The van der Waals surface area contributed by atoms with Gasteiger partial charge in [0, 0.05) is 32.2 Å². The highest BCUT2D eigenvalue weighted by molar-refractivity contribution is 7.89. The number of nitrogens with one attached hydrogen (secondary N) is 1. The molecule has 2 rings (SSSR count). The molecule has 0 saturated carbocycles. The Bertz CT molecular complexity index is 592. The summed E-state index contributed by atoms with van der Waals surface area (Å²) in [7, 11) is -3.24. The average Bonchev–Trinajstić information content (AvgIpc) is 2.60. The number of amides is 1. The van der Waals surface area contributed by atoms with Gasteiger partial charge >= 0.3 is 5.97 Å². The summed E-state index contributed by atoms with van der Waals surface area (Å²) < 4.78 is 31.3. The molecule has 0 spiro atoms. The molecule has 0 unspecified atom stereocenters. The minimum absolute atomic E-state index is 0.119. The van der Waals surface area contributed by atoms with Crippen LogP contribution in [0.15, 0.2) is 0 Å². The van der Waals surface area contributed by atoms with E-state index in [2.05, 4.69) is 5.32 Å². The highest BCUT2D eigenvalue weighted by Crippen LogP contribution is 2.27. The largest absolute Gasteiger partial charge is 0.481 e. The predicted molar refractivity (Wildman–Crippen MR) is 96.2 cm³/mol. The van der Waals surface area contributed by atoms with E-state index in [4.69, 9.17) is 4.74 Å². The second-order valence-corrected chi connectivity index (χ2v) is 9.38. The number of aliphatic carboxylic acids is 1. The number of hydrogen-bond donors (Lipinski definition) is 2. The van der Waals surface area contributed by atoms with Crippen LogP contribution in [0.5, 0.6) is 0 Å². The van der Waals surface area contributed by atoms with Crippen LogP contribution in [-0.2, 0) is 24.3 Å². The van der Waals surface area contributed by atoms with E-state index < -0.39 is 21.5 Å². The van der Waals surface area contributed by atoms with Crippen molar-refractivity contribution >= 4 is 21.9 Å². The van der Waals surface area contributed by atoms with E-state index >= 15 is 0 Å². The molecule has 2 heterocycles. The van der Waals surface area contributed by atoms with Crippen LogP contribution in [-0.4, -0.2) is 67.3 Å². The monoisotopic (exact) mass is 390 g/mol. The van der Waals surface area contributed by atoms with Crippen LogP contribution in [0.4, 0.5) is 0 Å². The lowest BCUT2D eigenvalue weighted by atomic mass is 9.85. The molecule has 2 saturated heterocycles. The first-order chi connectivity index (χ1) is 12.3. The zero-order valence-corrected chi connectivity index (χ0v) is 16.2. The molecule has 0 atom stereocenters. The van der Waals surface area contributed by atoms with Gasteiger partial charge in [-0.3, -0.25) is 9.59 Å². The SMILES string of the molecule is CCCCS(=O)(=O)N1CCC(C(=O)NC2(CC(=O)O)CCOCC2)CC1. The molecule has 0 bridgehead atoms. The highest BCUT2D eigenvalue weighted by atomic mass is 32.2. The molecule has 2 N–H and O–H groups in total. The first-order valence-electron chi connectivity index (χ1n) is 9.37. The van der Waals surface area contributed by atoms with Crippen LogP contribution >= 0.6 is 0 Å². The molecular weight excluding hydrogens is 360 g/mol. The lowest BCUT2D eigenvalue weighted by Gasteiger charge is -2.39. The molecule has 8 nitrogen and oxygen atoms in total. The van der Waals surface area contributed by atoms with Gasteiger partial charge < -0.3 is 15.2 Å². The lowest BCUT2D eigenvalue weighted by Crippen LogP contribution is -2.55. The molecule has 9 heteroatoms. The van der Waals surface area contributed by atoms with Crippen LogP contribution in [0.25, 0.3) is 0 Å². The second-order valence-electron chi connectivity index (χ2n) is 7.30. The van der Waals surface area contributed by atoms with Crippen LogP contribution in [0.1, 0.15) is 51.9 Å². The van der Waals surface area contributed by atoms with E-state index in [-0.39, 0.29) is 24.0 Å². The summed E-state index contributed by atoms with van der Waals surface area (Å²) >= 11 is 0. The third-order valence-corrected chi connectivity index (χ3v) is 7.26. The summed E-state index contributed by atoms with van der Waals surface area (Å²) in [4.78, 5) is 23.9. The van der Waals surface area contributed by atoms with E-state index in [0.29, 0.717) is 58.4 Å². The Hall–Kier alpha value is -1.19. The zero-order chi connectivity index (χ0) is 19.2. The maximum Gasteiger partial charge on any atom is 0.305 e. The molecule has 1 amide bonds. The van der Waals surface area contributed by atoms with Crippen molar-refractivity contribution in [3.63, 3.8) is 0 Å². The van der Waals surface area contributed by atoms with E-state index in [9.17, 15) is 23.1 Å². The lowest BCUT2D eigenvalue weighted by molar-refractivity contribution is -0.141. The third kappa shape index (κ3) is 5.65. The van der Waals surface area contributed by atoms with Crippen molar-refractivity contribution in [2.75, 3.05) is 32.1 Å². The van der Waals surface area contributed by atoms with E-state index in [1.54, 1.807) is 0 Å². The first kappa shape index (κ1) is 21.1. The van der Waals surface area contributed by atoms with Gasteiger partial charge in [-0.1, -0.05) is 13.3 Å². The summed E-state index contributed by atoms with van der Waals surface area (Å²) in [5.41, 5.74) is -0.758. The number of carbonyl (C=O) groups excluding carboxylic acids is 1. The molecule has 0 aliphatic carbocycles. The number of unbranched alkanes of at least 4 members (excludes halogenated alkanes) is 1. The van der Waals surface area contributed by atoms with Crippen LogP contribution < -0.4 is 5.32 Å². The molecular formula is C17H30N2O6S. The minimum Gasteiger partial charge on any atom is -0.481 e. The summed E-state index contributed by atoms with van der Waals surface area (Å²) in [5, 5.41) is 12.1. The van der Waals surface area contributed by atoms with Crippen molar-refractivity contribution in [2.45, 2.75) is 57.4 Å². The average molecular weight is 391 g/mol. The fourth-order valence-corrected chi connectivity index (χ4v) is 5.29. The number of carboxylic acid groups (broad SMARTS) is 1. The smallest absolute Gasteiger partial charge is 0.305 e. The quantitative estimate of drug-likeness (QED) is 0.638. The Labute approximate surface area is 155 Å². The molecule has 2 fully saturated rings. The van der Waals surface area contributed by atoms with Gasteiger partial charge in [0.15, 0.2) is 0 Å². The highest BCUT2D eigenvalue weighted by Gasteiger charge is 2.39. The maximum absolute atomic E-state index is 12.7. The Balaban J connectivity index is 1.91. The Morgan fingerprint density at radius 1 is 1.23 bits per heavy atom. The number of piperidine rings is 1. The fourth-order valence-electron chi connectivity index (χ4n) is 3.61. The van der Waals surface area contributed by atoms with Crippen molar-refractivity contribution in [1.29, 1.82) is 0 Å². The first-order valence-corrected chi connectivity index (χ1v) is 11.0. The normalized spacial score (nSPS) is 22.0. The topological polar surface area (TPSA) is 113 Å². The Morgan fingerprint density at radius 3 is 2.38 bits per heavy atom. The summed E-state index contributed by atoms with van der Waals surface area (Å²) in [6, 6.07) is 0. The van der Waals surface area contributed by atoms with Gasteiger partial charge in [-0.2, -0.15) is 0 Å². The van der Waals surface area contributed by atoms with Gasteiger partial charge in [-0.15, -0.1) is 0 Å². The number of carbonyl (C=O) groups is 2. The summed E-state index contributed by atoms with van der Waals surface area (Å²) in [5.74, 6) is -1.23. The number of sulfonamides is 1. The zero-order valence-electron chi connectivity index (χ0n) is 15.4. The number of hydrogen-bond acceptors (Lipinski definition) is 5. The molecule has 0 aromatic rings. The molecule has 0 aromatic carbocycles. The van der Waals surface area contributed by atoms with Gasteiger partial charge in [0.1, 0.15) is 0 Å². The minimum atomic E-state index is -3.24. The van der Waals surface area contributed by atoms with E-state index in [1.165, 1.54) is 4.31 Å². The Morgan fingerprint density at radius 2 is 1.85 bits per heavy atom. The molecule has 0 aromatic heterocycles. The Kier molecular flexibility index (Phi) is 7.42. The van der Waals surface area contributed by atoms with Gasteiger partial charge in [0.25, 0.3) is 0 Å². The van der Waals surface area contributed by atoms with Crippen LogP contribution in [0.3, 0.4) is 0 Å². The number of nitrogens with zero attached hydrogens (tertiary/aromatic N) is 1.